The second-order valence-electron chi connectivity index (χ2n) is 6.07. The van der Waals surface area contributed by atoms with Crippen LogP contribution < -0.4 is 10.2 Å². The number of carbonyl (C=O) groups is 1. The number of fused-ring (bicyclic) bond motifs is 2. The van der Waals surface area contributed by atoms with E-state index in [2.05, 4.69) is 0 Å². The third-order valence-corrected chi connectivity index (χ3v) is 3.88. The largest absolute Gasteiger partial charge is 0.428 e. The highest BCUT2D eigenvalue weighted by molar-refractivity contribution is 6.31. The summed E-state index contributed by atoms with van der Waals surface area (Å²) in [6.07, 6.45) is 0.538. The molecule has 0 saturated carbocycles. The van der Waals surface area contributed by atoms with Crippen molar-refractivity contribution in [2.24, 2.45) is 5.41 Å². The number of esters is 1. The second-order valence-corrected chi connectivity index (χ2v) is 6.51. The van der Waals surface area contributed by atoms with Gasteiger partial charge in [0.1, 0.15) is 5.69 Å². The van der Waals surface area contributed by atoms with E-state index in [4.69, 9.17) is 16.3 Å². The van der Waals surface area contributed by atoms with Crippen LogP contribution in [-0.4, -0.2) is 15.9 Å². The minimum Gasteiger partial charge on any atom is -0.428 e. The molecule has 1 aromatic heterocycles. The molecule has 1 aromatic carbocycles. The summed E-state index contributed by atoms with van der Waals surface area (Å²) in [7, 11) is 0. The monoisotopic (exact) mass is 307 g/mol. The number of rotatable bonds is 0. The number of hydrogen-bond donors (Lipinski definition) is 1. The van der Waals surface area contributed by atoms with Gasteiger partial charge in [-0.2, -0.15) is 4.73 Å². The van der Waals surface area contributed by atoms with Crippen molar-refractivity contribution in [1.82, 2.24) is 4.73 Å². The van der Waals surface area contributed by atoms with E-state index in [-0.39, 0.29) is 17.6 Å². The molecule has 0 atom stereocenters. The van der Waals surface area contributed by atoms with E-state index in [0.717, 1.165) is 4.73 Å². The number of hydrogen-bond acceptors (Lipinski definition) is 4. The van der Waals surface area contributed by atoms with Crippen LogP contribution in [0.4, 0.5) is 0 Å². The summed E-state index contributed by atoms with van der Waals surface area (Å²) in [5.74, 6) is -0.583. The first kappa shape index (κ1) is 13.9. The lowest BCUT2D eigenvalue weighted by Gasteiger charge is -2.21. The Bertz CT molecular complexity index is 823. The number of carbonyl (C=O) groups excluding carboxylic acids is 1. The van der Waals surface area contributed by atoms with Gasteiger partial charge in [0.2, 0.25) is 11.2 Å². The number of aromatic nitrogens is 1. The van der Waals surface area contributed by atoms with Gasteiger partial charge in [0.25, 0.3) is 0 Å². The second kappa shape index (κ2) is 4.49. The number of pyridine rings is 1. The zero-order valence-corrected chi connectivity index (χ0v) is 12.4. The SMILES string of the molecule is CC1(C)CC(=O)Oc2c(n(O)c3ccc(Cl)cc3c2=O)C1. The van der Waals surface area contributed by atoms with Crippen molar-refractivity contribution in [2.45, 2.75) is 26.7 Å². The number of benzene rings is 1. The zero-order chi connectivity index (χ0) is 15.4. The average Bonchev–Trinajstić information content (AvgIpc) is 2.51. The van der Waals surface area contributed by atoms with Gasteiger partial charge in [-0.3, -0.25) is 9.59 Å². The Morgan fingerprint density at radius 3 is 2.71 bits per heavy atom. The molecule has 2 aromatic rings. The van der Waals surface area contributed by atoms with Crippen LogP contribution in [0.5, 0.6) is 5.75 Å². The van der Waals surface area contributed by atoms with Gasteiger partial charge in [-0.05, 0) is 23.6 Å². The smallest absolute Gasteiger partial charge is 0.311 e. The molecule has 1 aliphatic heterocycles. The first-order valence-corrected chi connectivity index (χ1v) is 6.93. The molecule has 0 radical (unpaired) electrons. The maximum absolute atomic E-state index is 12.5. The molecule has 0 spiro atoms. The van der Waals surface area contributed by atoms with Gasteiger partial charge in [0, 0.05) is 11.4 Å². The van der Waals surface area contributed by atoms with E-state index in [1.54, 1.807) is 12.1 Å². The summed E-state index contributed by atoms with van der Waals surface area (Å²) in [4.78, 5) is 24.4. The van der Waals surface area contributed by atoms with Gasteiger partial charge in [-0.25, -0.2) is 0 Å². The average molecular weight is 308 g/mol. The van der Waals surface area contributed by atoms with Gasteiger partial charge in [-0.15, -0.1) is 0 Å². The molecular weight excluding hydrogens is 294 g/mol. The molecule has 21 heavy (non-hydrogen) atoms. The summed E-state index contributed by atoms with van der Waals surface area (Å²) in [6.45, 7) is 3.78. The van der Waals surface area contributed by atoms with Crippen molar-refractivity contribution in [3.05, 3.63) is 39.1 Å². The van der Waals surface area contributed by atoms with Gasteiger partial charge < -0.3 is 9.94 Å². The van der Waals surface area contributed by atoms with Crippen LogP contribution in [0, 0.1) is 5.41 Å². The first-order chi connectivity index (χ1) is 9.78. The van der Waals surface area contributed by atoms with Crippen molar-refractivity contribution in [3.63, 3.8) is 0 Å². The predicted molar refractivity (Wildman–Crippen MR) is 78.1 cm³/mol. The normalized spacial score (nSPS) is 17.2. The van der Waals surface area contributed by atoms with Crippen molar-refractivity contribution in [2.75, 3.05) is 0 Å². The molecule has 1 N–H and O–H groups in total. The molecule has 6 heteroatoms. The van der Waals surface area contributed by atoms with E-state index in [1.807, 2.05) is 13.8 Å². The van der Waals surface area contributed by atoms with E-state index < -0.39 is 16.8 Å². The van der Waals surface area contributed by atoms with E-state index in [0.29, 0.717) is 22.7 Å². The Morgan fingerprint density at radius 2 is 2.00 bits per heavy atom. The number of halogens is 1. The molecule has 3 rings (SSSR count). The lowest BCUT2D eigenvalue weighted by atomic mass is 9.84. The molecule has 0 aliphatic carbocycles. The standard InChI is InChI=1S/C15H14ClNO4/c1-15(2)6-11-14(21-12(18)7-15)13(19)9-5-8(16)3-4-10(9)17(11)20/h3-5,20H,6-7H2,1-2H3. The van der Waals surface area contributed by atoms with E-state index in [9.17, 15) is 14.8 Å². The highest BCUT2D eigenvalue weighted by Gasteiger charge is 2.33. The van der Waals surface area contributed by atoms with Crippen LogP contribution in [-0.2, 0) is 11.2 Å². The molecular formula is C15H14ClNO4. The summed E-state index contributed by atoms with van der Waals surface area (Å²) < 4.78 is 6.10. The van der Waals surface area contributed by atoms with Crippen LogP contribution in [0.3, 0.4) is 0 Å². The van der Waals surface area contributed by atoms with Gasteiger partial charge >= 0.3 is 5.97 Å². The first-order valence-electron chi connectivity index (χ1n) is 6.55. The summed E-state index contributed by atoms with van der Waals surface area (Å²) >= 11 is 5.89. The lowest BCUT2D eigenvalue weighted by Crippen LogP contribution is -2.20. The van der Waals surface area contributed by atoms with Gasteiger partial charge in [-0.1, -0.05) is 25.4 Å². The maximum atomic E-state index is 12.5. The van der Waals surface area contributed by atoms with E-state index in [1.165, 1.54) is 6.07 Å². The molecule has 0 bridgehead atoms. The summed E-state index contributed by atoms with van der Waals surface area (Å²) in [5.41, 5.74) is -0.180. The van der Waals surface area contributed by atoms with Crippen molar-refractivity contribution < 1.29 is 14.7 Å². The van der Waals surface area contributed by atoms with Crippen LogP contribution in [0.2, 0.25) is 5.02 Å². The number of nitrogens with zero attached hydrogens (tertiary/aromatic N) is 1. The number of ether oxygens (including phenoxy) is 1. The minimum atomic E-state index is -0.475. The van der Waals surface area contributed by atoms with Crippen molar-refractivity contribution in [1.29, 1.82) is 0 Å². The van der Waals surface area contributed by atoms with Crippen LogP contribution in [0.15, 0.2) is 23.0 Å². The third kappa shape index (κ3) is 2.27. The molecule has 1 aliphatic rings. The fraction of sp³-hybridized carbons (Fsp3) is 0.333. The van der Waals surface area contributed by atoms with Gasteiger partial charge in [0.05, 0.1) is 17.3 Å². The van der Waals surface area contributed by atoms with Crippen LogP contribution in [0.25, 0.3) is 10.9 Å². The molecule has 2 heterocycles. The van der Waals surface area contributed by atoms with Crippen molar-refractivity contribution >= 4 is 28.5 Å². The zero-order valence-electron chi connectivity index (χ0n) is 11.6. The van der Waals surface area contributed by atoms with Crippen molar-refractivity contribution in [3.8, 4) is 5.75 Å². The molecule has 0 saturated heterocycles. The third-order valence-electron chi connectivity index (χ3n) is 3.64. The van der Waals surface area contributed by atoms with Gasteiger partial charge in [0.15, 0.2) is 0 Å². The Hall–Kier alpha value is -2.01. The minimum absolute atomic E-state index is 0.108. The quantitative estimate of drug-likeness (QED) is 0.600. The molecule has 110 valence electrons. The molecule has 0 fully saturated rings. The molecule has 0 unspecified atom stereocenters. The maximum Gasteiger partial charge on any atom is 0.311 e. The summed E-state index contributed by atoms with van der Waals surface area (Å²) in [5, 5.41) is 11.0. The fourth-order valence-corrected chi connectivity index (χ4v) is 2.86. The molecule has 0 amide bonds. The molecule has 5 nitrogen and oxygen atoms in total. The summed E-state index contributed by atoms with van der Waals surface area (Å²) in [6, 6.07) is 4.62. The van der Waals surface area contributed by atoms with Crippen LogP contribution >= 0.6 is 11.6 Å². The van der Waals surface area contributed by atoms with Crippen LogP contribution in [0.1, 0.15) is 26.0 Å². The Kier molecular flexibility index (Phi) is 2.99. The lowest BCUT2D eigenvalue weighted by molar-refractivity contribution is -0.136. The fourth-order valence-electron chi connectivity index (χ4n) is 2.69. The Morgan fingerprint density at radius 1 is 1.29 bits per heavy atom. The Balaban J connectivity index is 2.40. The topological polar surface area (TPSA) is 68.5 Å². The van der Waals surface area contributed by atoms with E-state index >= 15 is 0 Å². The Labute approximate surface area is 125 Å². The predicted octanol–water partition coefficient (Wildman–Crippen LogP) is 2.77. The highest BCUT2D eigenvalue weighted by atomic mass is 35.5. The highest BCUT2D eigenvalue weighted by Crippen LogP contribution is 2.34.